The molecule has 3 rings (SSSR count). The highest BCUT2D eigenvalue weighted by Gasteiger charge is 2.18. The highest BCUT2D eigenvalue weighted by atomic mass is 32.2. The zero-order valence-electron chi connectivity index (χ0n) is 17.4. The fourth-order valence-electron chi connectivity index (χ4n) is 3.63. The van der Waals surface area contributed by atoms with E-state index in [1.807, 2.05) is 17.6 Å². The van der Waals surface area contributed by atoms with Gasteiger partial charge in [-0.15, -0.1) is 0 Å². The van der Waals surface area contributed by atoms with Gasteiger partial charge in [-0.3, -0.25) is 10.1 Å². The molecule has 1 fully saturated rings. The molecule has 2 N–H and O–H groups in total. The standard InChI is InChI=1S/C21H28N4O4S/c1-3-25-17-11-10-14(19(27)29-4-2)12-16(17)23-21(25)30-13-18(26)24-20(28)22-15-8-6-5-7-9-15/h10-12,15H,3-9,13H2,1-2H3,(H2,22,24,26,28). The molecule has 2 aromatic rings. The molecular formula is C21H28N4O4S. The van der Waals surface area contributed by atoms with Crippen molar-refractivity contribution in [1.29, 1.82) is 0 Å². The molecular weight excluding hydrogens is 404 g/mol. The fourth-order valence-corrected chi connectivity index (χ4v) is 4.50. The number of fused-ring (bicyclic) bond motifs is 1. The van der Waals surface area contributed by atoms with E-state index in [-0.39, 0.29) is 23.7 Å². The van der Waals surface area contributed by atoms with Gasteiger partial charge in [-0.05, 0) is 44.9 Å². The number of nitrogens with one attached hydrogen (secondary N) is 2. The SMILES string of the molecule is CCOC(=O)c1ccc2c(c1)nc(SCC(=O)NC(=O)NC1CCCCC1)n2CC. The fraction of sp³-hybridized carbons (Fsp3) is 0.524. The minimum Gasteiger partial charge on any atom is -0.462 e. The molecule has 1 heterocycles. The van der Waals surface area contributed by atoms with E-state index in [9.17, 15) is 14.4 Å². The maximum atomic E-state index is 12.2. The lowest BCUT2D eigenvalue weighted by atomic mass is 9.96. The minimum absolute atomic E-state index is 0.0755. The summed E-state index contributed by atoms with van der Waals surface area (Å²) in [4.78, 5) is 40.8. The van der Waals surface area contributed by atoms with Crippen molar-refractivity contribution in [2.24, 2.45) is 0 Å². The normalized spacial score (nSPS) is 14.5. The van der Waals surface area contributed by atoms with Crippen LogP contribution in [0.4, 0.5) is 4.79 Å². The van der Waals surface area contributed by atoms with E-state index in [2.05, 4.69) is 15.6 Å². The first-order valence-corrected chi connectivity index (χ1v) is 11.4. The molecule has 3 amide bonds. The van der Waals surface area contributed by atoms with E-state index in [0.29, 0.717) is 29.4 Å². The van der Waals surface area contributed by atoms with Crippen molar-refractivity contribution in [2.45, 2.75) is 63.7 Å². The average molecular weight is 433 g/mol. The van der Waals surface area contributed by atoms with Crippen molar-refractivity contribution in [3.05, 3.63) is 23.8 Å². The molecule has 0 spiro atoms. The van der Waals surface area contributed by atoms with E-state index in [4.69, 9.17) is 4.74 Å². The predicted molar refractivity (Wildman–Crippen MR) is 116 cm³/mol. The summed E-state index contributed by atoms with van der Waals surface area (Å²) in [6.07, 6.45) is 5.35. The first kappa shape index (κ1) is 22.1. The number of carbonyl (C=O) groups is 3. The van der Waals surface area contributed by atoms with E-state index >= 15 is 0 Å². The molecule has 0 atom stereocenters. The monoisotopic (exact) mass is 432 g/mol. The van der Waals surface area contributed by atoms with Crippen molar-refractivity contribution in [3.63, 3.8) is 0 Å². The molecule has 30 heavy (non-hydrogen) atoms. The number of nitrogens with zero attached hydrogens (tertiary/aromatic N) is 2. The second kappa shape index (κ2) is 10.5. The highest BCUT2D eigenvalue weighted by Crippen LogP contribution is 2.25. The van der Waals surface area contributed by atoms with Gasteiger partial charge < -0.3 is 14.6 Å². The summed E-state index contributed by atoms with van der Waals surface area (Å²) in [5, 5.41) is 5.94. The largest absolute Gasteiger partial charge is 0.462 e. The summed E-state index contributed by atoms with van der Waals surface area (Å²) in [7, 11) is 0. The summed E-state index contributed by atoms with van der Waals surface area (Å²) in [6, 6.07) is 4.96. The highest BCUT2D eigenvalue weighted by molar-refractivity contribution is 7.99. The van der Waals surface area contributed by atoms with Gasteiger partial charge in [-0.25, -0.2) is 14.6 Å². The lowest BCUT2D eigenvalue weighted by Crippen LogP contribution is -2.45. The Hall–Kier alpha value is -2.55. The number of urea groups is 1. The van der Waals surface area contributed by atoms with Crippen molar-refractivity contribution in [2.75, 3.05) is 12.4 Å². The van der Waals surface area contributed by atoms with Crippen LogP contribution in [0.2, 0.25) is 0 Å². The van der Waals surface area contributed by atoms with Crippen LogP contribution in [-0.4, -0.2) is 45.9 Å². The molecule has 1 aromatic carbocycles. The molecule has 1 aromatic heterocycles. The smallest absolute Gasteiger partial charge is 0.338 e. The Morgan fingerprint density at radius 3 is 2.67 bits per heavy atom. The zero-order chi connectivity index (χ0) is 21.5. The second-order valence-electron chi connectivity index (χ2n) is 7.21. The van der Waals surface area contributed by atoms with Gasteiger partial charge in [0.1, 0.15) is 0 Å². The van der Waals surface area contributed by atoms with E-state index in [1.165, 1.54) is 18.2 Å². The molecule has 162 valence electrons. The number of imide groups is 1. The van der Waals surface area contributed by atoms with Gasteiger partial charge in [0.25, 0.3) is 0 Å². The van der Waals surface area contributed by atoms with Crippen molar-refractivity contribution < 1.29 is 19.1 Å². The number of hydrogen-bond acceptors (Lipinski definition) is 6. The number of carbonyl (C=O) groups excluding carboxylic acids is 3. The average Bonchev–Trinajstić information content (AvgIpc) is 3.09. The second-order valence-corrected chi connectivity index (χ2v) is 8.15. The number of aromatic nitrogens is 2. The van der Waals surface area contributed by atoms with Crippen LogP contribution in [0.15, 0.2) is 23.4 Å². The van der Waals surface area contributed by atoms with Gasteiger partial charge in [-0.2, -0.15) is 0 Å². The Labute approximate surface area is 180 Å². The van der Waals surface area contributed by atoms with Gasteiger partial charge in [-0.1, -0.05) is 31.0 Å². The summed E-state index contributed by atoms with van der Waals surface area (Å²) >= 11 is 1.26. The molecule has 1 aliphatic carbocycles. The molecule has 8 nitrogen and oxygen atoms in total. The Bertz CT molecular complexity index is 921. The Balaban J connectivity index is 1.61. The van der Waals surface area contributed by atoms with Crippen LogP contribution in [0.5, 0.6) is 0 Å². The van der Waals surface area contributed by atoms with Crippen LogP contribution >= 0.6 is 11.8 Å². The molecule has 0 bridgehead atoms. The van der Waals surface area contributed by atoms with Crippen LogP contribution in [0.1, 0.15) is 56.3 Å². The van der Waals surface area contributed by atoms with E-state index in [0.717, 1.165) is 31.2 Å². The van der Waals surface area contributed by atoms with Gasteiger partial charge in [0.15, 0.2) is 5.16 Å². The maximum absolute atomic E-state index is 12.2. The lowest BCUT2D eigenvalue weighted by Gasteiger charge is -2.22. The van der Waals surface area contributed by atoms with Crippen molar-refractivity contribution in [3.8, 4) is 0 Å². The molecule has 9 heteroatoms. The zero-order valence-corrected chi connectivity index (χ0v) is 18.2. The molecule has 1 saturated carbocycles. The Kier molecular flexibility index (Phi) is 7.73. The third-order valence-electron chi connectivity index (χ3n) is 5.07. The van der Waals surface area contributed by atoms with E-state index < -0.39 is 6.03 Å². The van der Waals surface area contributed by atoms with E-state index in [1.54, 1.807) is 19.1 Å². The lowest BCUT2D eigenvalue weighted by molar-refractivity contribution is -0.117. The van der Waals surface area contributed by atoms with Crippen LogP contribution < -0.4 is 10.6 Å². The minimum atomic E-state index is -0.435. The van der Waals surface area contributed by atoms with Gasteiger partial charge in [0.2, 0.25) is 5.91 Å². The van der Waals surface area contributed by atoms with Crippen molar-refractivity contribution >= 4 is 40.7 Å². The number of thioether (sulfide) groups is 1. The summed E-state index contributed by atoms with van der Waals surface area (Å²) in [6.45, 7) is 4.73. The maximum Gasteiger partial charge on any atom is 0.338 e. The number of rotatable bonds is 7. The third kappa shape index (κ3) is 5.53. The Morgan fingerprint density at radius 1 is 1.20 bits per heavy atom. The van der Waals surface area contributed by atoms with Gasteiger partial charge in [0.05, 0.1) is 29.0 Å². The Morgan fingerprint density at radius 2 is 1.97 bits per heavy atom. The summed E-state index contributed by atoms with van der Waals surface area (Å²) in [5.41, 5.74) is 1.99. The molecule has 0 saturated heterocycles. The van der Waals surface area contributed by atoms with Gasteiger partial charge >= 0.3 is 12.0 Å². The number of amides is 3. The van der Waals surface area contributed by atoms with Crippen LogP contribution in [-0.2, 0) is 16.1 Å². The number of hydrogen-bond donors (Lipinski definition) is 2. The van der Waals surface area contributed by atoms with Crippen LogP contribution in [0.3, 0.4) is 0 Å². The number of esters is 1. The number of aryl methyl sites for hydroxylation is 1. The molecule has 0 unspecified atom stereocenters. The summed E-state index contributed by atoms with van der Waals surface area (Å²) < 4.78 is 7.02. The van der Waals surface area contributed by atoms with Crippen LogP contribution in [0.25, 0.3) is 11.0 Å². The number of imidazole rings is 1. The van der Waals surface area contributed by atoms with Gasteiger partial charge in [0, 0.05) is 12.6 Å². The molecule has 0 aliphatic heterocycles. The molecule has 0 radical (unpaired) electrons. The first-order valence-electron chi connectivity index (χ1n) is 10.4. The number of ether oxygens (including phenoxy) is 1. The number of benzene rings is 1. The quantitative estimate of drug-likeness (QED) is 0.513. The summed E-state index contributed by atoms with van der Waals surface area (Å²) in [5.74, 6) is -0.676. The first-order chi connectivity index (χ1) is 14.5. The van der Waals surface area contributed by atoms with Crippen molar-refractivity contribution in [1.82, 2.24) is 20.2 Å². The third-order valence-corrected chi connectivity index (χ3v) is 6.04. The predicted octanol–water partition coefficient (Wildman–Crippen LogP) is 3.48. The molecule has 1 aliphatic rings. The van der Waals surface area contributed by atoms with Crippen LogP contribution in [0, 0.1) is 0 Å². The topological polar surface area (TPSA) is 102 Å².